The van der Waals surface area contributed by atoms with Gasteiger partial charge in [0.15, 0.2) is 0 Å². The zero-order valence-electron chi connectivity index (χ0n) is 11.3. The molecule has 0 N–H and O–H groups in total. The maximum Gasteiger partial charge on any atom is 0.122 e. The second-order valence-corrected chi connectivity index (χ2v) is 6.22. The summed E-state index contributed by atoms with van der Waals surface area (Å²) in [5.74, 6) is 0.866. The summed E-state index contributed by atoms with van der Waals surface area (Å²) < 4.78 is 5.77. The fourth-order valence-corrected chi connectivity index (χ4v) is 3.15. The van der Waals surface area contributed by atoms with Crippen molar-refractivity contribution in [2.45, 2.75) is 12.8 Å². The van der Waals surface area contributed by atoms with Crippen molar-refractivity contribution < 1.29 is 4.74 Å². The van der Waals surface area contributed by atoms with Crippen LogP contribution in [0.4, 0.5) is 0 Å². The van der Waals surface area contributed by atoms with Gasteiger partial charge in [0.2, 0.25) is 0 Å². The predicted molar refractivity (Wildman–Crippen MR) is 83.9 cm³/mol. The average Bonchev–Trinajstić information content (AvgIpc) is 2.50. The van der Waals surface area contributed by atoms with Crippen molar-refractivity contribution in [2.24, 2.45) is 5.41 Å². The van der Waals surface area contributed by atoms with E-state index in [1.165, 1.54) is 0 Å². The molecule has 0 aromatic heterocycles. The number of hydrogen-bond acceptors (Lipinski definition) is 2. The lowest BCUT2D eigenvalue weighted by Crippen LogP contribution is -2.35. The van der Waals surface area contributed by atoms with E-state index in [1.54, 1.807) is 12.1 Å². The number of nitriles is 1. The summed E-state index contributed by atoms with van der Waals surface area (Å²) in [4.78, 5) is 0. The minimum absolute atomic E-state index is 0.374. The summed E-state index contributed by atoms with van der Waals surface area (Å²) in [6, 6.07) is 15.7. The highest BCUT2D eigenvalue weighted by molar-refractivity contribution is 6.35. The maximum absolute atomic E-state index is 9.67. The molecule has 1 heterocycles. The number of rotatable bonds is 2. The average molecular weight is 318 g/mol. The number of benzene rings is 2. The number of ether oxygens (including phenoxy) is 1. The third-order valence-electron chi connectivity index (χ3n) is 3.79. The zero-order valence-corrected chi connectivity index (χ0v) is 12.8. The van der Waals surface area contributed by atoms with Crippen LogP contribution in [0.25, 0.3) is 0 Å². The second-order valence-electron chi connectivity index (χ2n) is 5.38. The Kier molecular flexibility index (Phi) is 3.80. The van der Waals surface area contributed by atoms with Gasteiger partial charge in [-0.3, -0.25) is 0 Å². The lowest BCUT2D eigenvalue weighted by Gasteiger charge is -2.32. The molecule has 1 atom stereocenters. The van der Waals surface area contributed by atoms with E-state index >= 15 is 0 Å². The number of para-hydroxylation sites is 1. The monoisotopic (exact) mass is 317 g/mol. The number of halogens is 2. The zero-order chi connectivity index (χ0) is 14.9. The highest BCUT2D eigenvalue weighted by atomic mass is 35.5. The molecule has 3 rings (SSSR count). The van der Waals surface area contributed by atoms with E-state index in [2.05, 4.69) is 6.07 Å². The van der Waals surface area contributed by atoms with Gasteiger partial charge in [-0.2, -0.15) is 5.26 Å². The van der Waals surface area contributed by atoms with Gasteiger partial charge in [-0.1, -0.05) is 47.5 Å². The molecule has 2 aromatic rings. The largest absolute Gasteiger partial charge is 0.492 e. The second kappa shape index (κ2) is 5.60. The van der Waals surface area contributed by atoms with Gasteiger partial charge in [-0.25, -0.2) is 0 Å². The Balaban J connectivity index is 1.91. The molecular weight excluding hydrogens is 305 g/mol. The topological polar surface area (TPSA) is 33.0 Å². The van der Waals surface area contributed by atoms with E-state index in [0.717, 1.165) is 16.9 Å². The summed E-state index contributed by atoms with van der Waals surface area (Å²) in [6.07, 6.45) is 1.21. The van der Waals surface area contributed by atoms with E-state index in [-0.39, 0.29) is 0 Å². The van der Waals surface area contributed by atoms with E-state index < -0.39 is 5.41 Å². The highest BCUT2D eigenvalue weighted by Crippen LogP contribution is 2.38. The number of nitrogens with zero attached hydrogens (tertiary/aromatic N) is 1. The number of fused-ring (bicyclic) bond motifs is 1. The smallest absolute Gasteiger partial charge is 0.122 e. The quantitative estimate of drug-likeness (QED) is 0.805. The lowest BCUT2D eigenvalue weighted by molar-refractivity contribution is 0.169. The van der Waals surface area contributed by atoms with Crippen LogP contribution in [0.1, 0.15) is 11.1 Å². The first-order valence-corrected chi connectivity index (χ1v) is 7.43. The van der Waals surface area contributed by atoms with E-state index in [0.29, 0.717) is 29.5 Å². The first-order valence-electron chi connectivity index (χ1n) is 6.68. The third-order valence-corrected chi connectivity index (χ3v) is 4.37. The van der Waals surface area contributed by atoms with Crippen LogP contribution in [-0.2, 0) is 12.8 Å². The molecule has 0 saturated carbocycles. The Labute approximate surface area is 133 Å². The lowest BCUT2D eigenvalue weighted by atomic mass is 9.77. The Morgan fingerprint density at radius 3 is 2.76 bits per heavy atom. The van der Waals surface area contributed by atoms with Gasteiger partial charge >= 0.3 is 0 Å². The predicted octanol–water partition coefficient (Wildman–Crippen LogP) is 4.68. The van der Waals surface area contributed by atoms with Gasteiger partial charge in [-0.15, -0.1) is 0 Å². The Hall–Kier alpha value is -1.69. The molecule has 1 aliphatic rings. The Morgan fingerprint density at radius 2 is 2.00 bits per heavy atom. The first kappa shape index (κ1) is 14.3. The molecule has 1 unspecified atom stereocenters. The summed E-state index contributed by atoms with van der Waals surface area (Å²) in [7, 11) is 0. The van der Waals surface area contributed by atoms with Crippen LogP contribution in [0.2, 0.25) is 10.0 Å². The molecule has 0 amide bonds. The summed E-state index contributed by atoms with van der Waals surface area (Å²) >= 11 is 12.2. The van der Waals surface area contributed by atoms with Crippen LogP contribution in [0, 0.1) is 16.7 Å². The molecule has 106 valence electrons. The first-order chi connectivity index (χ1) is 10.1. The number of hydrogen-bond donors (Lipinski definition) is 0. The van der Waals surface area contributed by atoms with Gasteiger partial charge < -0.3 is 4.74 Å². The van der Waals surface area contributed by atoms with Crippen LogP contribution in [-0.4, -0.2) is 6.61 Å². The maximum atomic E-state index is 9.67. The SMILES string of the molecule is N#CC1(Cc2ccc(Cl)cc2Cl)COc2ccccc2C1. The molecule has 0 bridgehead atoms. The van der Waals surface area contributed by atoms with Gasteiger partial charge in [0.05, 0.1) is 11.5 Å². The molecule has 0 fully saturated rings. The van der Waals surface area contributed by atoms with Crippen molar-refractivity contribution in [3.05, 3.63) is 63.6 Å². The molecular formula is C17H13Cl2NO. The molecule has 1 aliphatic heterocycles. The summed E-state index contributed by atoms with van der Waals surface area (Å²) in [6.45, 7) is 0.374. The van der Waals surface area contributed by atoms with Crippen LogP contribution < -0.4 is 4.74 Å². The van der Waals surface area contributed by atoms with Crippen LogP contribution in [0.15, 0.2) is 42.5 Å². The standard InChI is InChI=1S/C17H13Cl2NO/c18-14-6-5-12(15(19)7-14)8-17(10-20)9-13-3-1-2-4-16(13)21-11-17/h1-7H,8-9,11H2. The van der Waals surface area contributed by atoms with Crippen molar-refractivity contribution in [1.82, 2.24) is 0 Å². The Morgan fingerprint density at radius 1 is 1.19 bits per heavy atom. The van der Waals surface area contributed by atoms with Gasteiger partial charge in [-0.05, 0) is 42.2 Å². The summed E-state index contributed by atoms with van der Waals surface area (Å²) in [5, 5.41) is 10.9. The van der Waals surface area contributed by atoms with E-state index in [9.17, 15) is 5.26 Å². The molecule has 0 aliphatic carbocycles. The minimum atomic E-state index is -0.591. The van der Waals surface area contributed by atoms with Crippen LogP contribution >= 0.6 is 23.2 Å². The van der Waals surface area contributed by atoms with Gasteiger partial charge in [0, 0.05) is 10.0 Å². The highest BCUT2D eigenvalue weighted by Gasteiger charge is 2.36. The molecule has 2 nitrogen and oxygen atoms in total. The normalized spacial score (nSPS) is 20.2. The van der Waals surface area contributed by atoms with Crippen molar-refractivity contribution in [1.29, 1.82) is 5.26 Å². The molecule has 0 spiro atoms. The molecule has 4 heteroatoms. The van der Waals surface area contributed by atoms with Crippen molar-refractivity contribution >= 4 is 23.2 Å². The minimum Gasteiger partial charge on any atom is -0.492 e. The molecule has 2 aromatic carbocycles. The van der Waals surface area contributed by atoms with Crippen LogP contribution in [0.5, 0.6) is 5.75 Å². The van der Waals surface area contributed by atoms with Gasteiger partial charge in [0.1, 0.15) is 12.4 Å². The third kappa shape index (κ3) is 2.85. The van der Waals surface area contributed by atoms with Crippen LogP contribution in [0.3, 0.4) is 0 Å². The molecule has 0 saturated heterocycles. The fraction of sp³-hybridized carbons (Fsp3) is 0.235. The van der Waals surface area contributed by atoms with E-state index in [1.807, 2.05) is 30.3 Å². The van der Waals surface area contributed by atoms with E-state index in [4.69, 9.17) is 27.9 Å². The van der Waals surface area contributed by atoms with Gasteiger partial charge in [0.25, 0.3) is 0 Å². The Bertz CT molecular complexity index is 723. The molecule has 0 radical (unpaired) electrons. The van der Waals surface area contributed by atoms with Crippen molar-refractivity contribution in [2.75, 3.05) is 6.61 Å². The summed E-state index contributed by atoms with van der Waals surface area (Å²) in [5.41, 5.74) is 1.40. The molecule has 21 heavy (non-hydrogen) atoms. The van der Waals surface area contributed by atoms with Crippen molar-refractivity contribution in [3.8, 4) is 11.8 Å². The van der Waals surface area contributed by atoms with Crippen molar-refractivity contribution in [3.63, 3.8) is 0 Å². The fourth-order valence-electron chi connectivity index (χ4n) is 2.68.